The van der Waals surface area contributed by atoms with Crippen LogP contribution in [0.4, 0.5) is 0 Å². The van der Waals surface area contributed by atoms with Gasteiger partial charge >= 0.3 is 0 Å². The minimum absolute atomic E-state index is 0.752. The molecular weight excluding hydrogens is 202 g/mol. The number of hydrogen-bond acceptors (Lipinski definition) is 3. The fourth-order valence-electron chi connectivity index (χ4n) is 1.82. The molecule has 3 aromatic heterocycles. The number of imidazole rings is 1. The molecule has 0 atom stereocenters. The third-order valence-electron chi connectivity index (χ3n) is 2.54. The molecular formula is C11H11N5. The van der Waals surface area contributed by atoms with Crippen LogP contribution in [0, 0.1) is 13.8 Å². The lowest BCUT2D eigenvalue weighted by molar-refractivity contribution is 1.08. The number of H-pyrrole nitrogens is 2. The van der Waals surface area contributed by atoms with Crippen LogP contribution in [0.25, 0.3) is 22.7 Å². The Labute approximate surface area is 91.9 Å². The van der Waals surface area contributed by atoms with Gasteiger partial charge in [0, 0.05) is 11.9 Å². The molecule has 0 saturated carbocycles. The van der Waals surface area contributed by atoms with Gasteiger partial charge in [-0.05, 0) is 31.5 Å². The molecule has 5 heteroatoms. The van der Waals surface area contributed by atoms with E-state index in [-0.39, 0.29) is 0 Å². The molecule has 0 radical (unpaired) electrons. The van der Waals surface area contributed by atoms with Crippen molar-refractivity contribution in [3.05, 3.63) is 29.6 Å². The van der Waals surface area contributed by atoms with Crippen molar-refractivity contribution in [1.82, 2.24) is 25.1 Å². The minimum Gasteiger partial charge on any atom is -0.335 e. The van der Waals surface area contributed by atoms with Crippen molar-refractivity contribution < 1.29 is 0 Å². The summed E-state index contributed by atoms with van der Waals surface area (Å²) in [5.41, 5.74) is 4.74. The first-order chi connectivity index (χ1) is 7.74. The zero-order valence-corrected chi connectivity index (χ0v) is 9.07. The summed E-state index contributed by atoms with van der Waals surface area (Å²) < 4.78 is 0. The van der Waals surface area contributed by atoms with E-state index in [1.165, 1.54) is 0 Å². The van der Waals surface area contributed by atoms with Gasteiger partial charge in [0.25, 0.3) is 0 Å². The highest BCUT2D eigenvalue weighted by molar-refractivity contribution is 5.78. The van der Waals surface area contributed by atoms with Crippen LogP contribution in [-0.2, 0) is 0 Å². The van der Waals surface area contributed by atoms with Gasteiger partial charge in [-0.3, -0.25) is 5.10 Å². The predicted octanol–water partition coefficient (Wildman–Crippen LogP) is 1.96. The second kappa shape index (κ2) is 3.16. The molecule has 80 valence electrons. The number of fused-ring (bicyclic) bond motifs is 1. The van der Waals surface area contributed by atoms with E-state index >= 15 is 0 Å². The summed E-state index contributed by atoms with van der Waals surface area (Å²) in [5, 5.41) is 6.78. The Morgan fingerprint density at radius 1 is 1.19 bits per heavy atom. The largest absolute Gasteiger partial charge is 0.335 e. The van der Waals surface area contributed by atoms with Crippen molar-refractivity contribution in [2.75, 3.05) is 0 Å². The van der Waals surface area contributed by atoms with E-state index in [9.17, 15) is 0 Å². The van der Waals surface area contributed by atoms with Crippen molar-refractivity contribution >= 4 is 11.2 Å². The van der Waals surface area contributed by atoms with Crippen LogP contribution in [0.1, 0.15) is 11.3 Å². The molecule has 0 spiro atoms. The van der Waals surface area contributed by atoms with Crippen molar-refractivity contribution in [2.45, 2.75) is 13.8 Å². The number of rotatable bonds is 1. The standard InChI is InChI=1S/C11H11N5/c1-6-5-7(2)13-11-9(6)14-10(15-11)8-3-4-12-16-8/h3-5H,1-2H3,(H,12,16)(H,13,14,15). The van der Waals surface area contributed by atoms with Gasteiger partial charge in [-0.15, -0.1) is 0 Å². The van der Waals surface area contributed by atoms with Crippen LogP contribution < -0.4 is 0 Å². The number of aromatic nitrogens is 5. The summed E-state index contributed by atoms with van der Waals surface area (Å²) in [7, 11) is 0. The molecule has 0 fully saturated rings. The van der Waals surface area contributed by atoms with E-state index in [1.807, 2.05) is 26.0 Å². The van der Waals surface area contributed by atoms with Crippen molar-refractivity contribution in [3.63, 3.8) is 0 Å². The third kappa shape index (κ3) is 1.29. The molecule has 0 amide bonds. The summed E-state index contributed by atoms with van der Waals surface area (Å²) in [6, 6.07) is 3.91. The molecule has 0 unspecified atom stereocenters. The minimum atomic E-state index is 0.752. The first-order valence-electron chi connectivity index (χ1n) is 5.08. The smallest absolute Gasteiger partial charge is 0.178 e. The Morgan fingerprint density at radius 2 is 2.06 bits per heavy atom. The van der Waals surface area contributed by atoms with E-state index in [0.717, 1.165) is 33.9 Å². The van der Waals surface area contributed by atoms with Gasteiger partial charge in [-0.2, -0.15) is 5.10 Å². The molecule has 0 aliphatic carbocycles. The number of pyridine rings is 1. The topological polar surface area (TPSA) is 70.2 Å². The third-order valence-corrected chi connectivity index (χ3v) is 2.54. The number of aryl methyl sites for hydroxylation is 2. The van der Waals surface area contributed by atoms with Gasteiger partial charge < -0.3 is 4.98 Å². The van der Waals surface area contributed by atoms with Crippen LogP contribution in [0.2, 0.25) is 0 Å². The van der Waals surface area contributed by atoms with Gasteiger partial charge in [0.2, 0.25) is 0 Å². The quantitative estimate of drug-likeness (QED) is 0.649. The second-order valence-electron chi connectivity index (χ2n) is 3.83. The maximum Gasteiger partial charge on any atom is 0.178 e. The number of nitrogens with one attached hydrogen (secondary N) is 2. The fourth-order valence-corrected chi connectivity index (χ4v) is 1.82. The molecule has 16 heavy (non-hydrogen) atoms. The highest BCUT2D eigenvalue weighted by Gasteiger charge is 2.09. The van der Waals surface area contributed by atoms with Crippen LogP contribution in [0.5, 0.6) is 0 Å². The van der Waals surface area contributed by atoms with Gasteiger partial charge in [0.05, 0.1) is 5.52 Å². The van der Waals surface area contributed by atoms with Crippen LogP contribution >= 0.6 is 0 Å². The van der Waals surface area contributed by atoms with Crippen molar-refractivity contribution in [2.24, 2.45) is 0 Å². The summed E-state index contributed by atoms with van der Waals surface area (Å²) >= 11 is 0. The SMILES string of the molecule is Cc1cc(C)c2[nH]c(-c3ccn[nH]3)nc2n1. The summed E-state index contributed by atoms with van der Waals surface area (Å²) in [6.45, 7) is 4.02. The lowest BCUT2D eigenvalue weighted by Crippen LogP contribution is -1.85. The Balaban J connectivity index is 2.27. The first kappa shape index (κ1) is 9.08. The van der Waals surface area contributed by atoms with Crippen LogP contribution in [-0.4, -0.2) is 25.1 Å². The molecule has 0 bridgehead atoms. The monoisotopic (exact) mass is 213 g/mol. The Morgan fingerprint density at radius 3 is 2.81 bits per heavy atom. The molecule has 0 aromatic carbocycles. The predicted molar refractivity (Wildman–Crippen MR) is 60.9 cm³/mol. The lowest BCUT2D eigenvalue weighted by atomic mass is 10.2. The Hall–Kier alpha value is -2.17. The molecule has 5 nitrogen and oxygen atoms in total. The molecule has 0 aliphatic rings. The lowest BCUT2D eigenvalue weighted by Gasteiger charge is -1.95. The molecule has 3 aromatic rings. The van der Waals surface area contributed by atoms with Crippen LogP contribution in [0.3, 0.4) is 0 Å². The average molecular weight is 213 g/mol. The van der Waals surface area contributed by atoms with E-state index in [1.54, 1.807) is 6.20 Å². The number of aromatic amines is 2. The van der Waals surface area contributed by atoms with E-state index in [4.69, 9.17) is 0 Å². The summed E-state index contributed by atoms with van der Waals surface area (Å²) in [5.74, 6) is 0.772. The number of hydrogen-bond donors (Lipinski definition) is 2. The molecule has 3 heterocycles. The fraction of sp³-hybridized carbons (Fsp3) is 0.182. The molecule has 0 saturated heterocycles. The van der Waals surface area contributed by atoms with Gasteiger partial charge in [0.1, 0.15) is 5.69 Å². The zero-order chi connectivity index (χ0) is 11.1. The van der Waals surface area contributed by atoms with E-state index < -0.39 is 0 Å². The zero-order valence-electron chi connectivity index (χ0n) is 9.07. The van der Waals surface area contributed by atoms with E-state index in [2.05, 4.69) is 25.1 Å². The van der Waals surface area contributed by atoms with E-state index in [0.29, 0.717) is 0 Å². The highest BCUT2D eigenvalue weighted by atomic mass is 15.1. The molecule has 0 aliphatic heterocycles. The maximum absolute atomic E-state index is 4.44. The highest BCUT2D eigenvalue weighted by Crippen LogP contribution is 2.20. The molecule has 3 rings (SSSR count). The Bertz CT molecular complexity index is 636. The summed E-state index contributed by atoms with van der Waals surface area (Å²) in [4.78, 5) is 12.1. The van der Waals surface area contributed by atoms with Crippen molar-refractivity contribution in [3.8, 4) is 11.5 Å². The van der Waals surface area contributed by atoms with Gasteiger partial charge in [-0.25, -0.2) is 9.97 Å². The normalized spacial score (nSPS) is 11.1. The van der Waals surface area contributed by atoms with Crippen LogP contribution in [0.15, 0.2) is 18.3 Å². The Kier molecular flexibility index (Phi) is 1.80. The van der Waals surface area contributed by atoms with Gasteiger partial charge in [0.15, 0.2) is 11.5 Å². The number of nitrogens with zero attached hydrogens (tertiary/aromatic N) is 3. The second-order valence-corrected chi connectivity index (χ2v) is 3.83. The average Bonchev–Trinajstić information content (AvgIpc) is 2.82. The molecule has 2 N–H and O–H groups in total. The van der Waals surface area contributed by atoms with Gasteiger partial charge in [-0.1, -0.05) is 0 Å². The summed E-state index contributed by atoms with van der Waals surface area (Å²) in [6.07, 6.45) is 1.70. The van der Waals surface area contributed by atoms with Crippen molar-refractivity contribution in [1.29, 1.82) is 0 Å². The maximum atomic E-state index is 4.44. The first-order valence-corrected chi connectivity index (χ1v) is 5.08.